The van der Waals surface area contributed by atoms with Crippen molar-refractivity contribution in [2.24, 2.45) is 0 Å². The maximum Gasteiger partial charge on any atom is 0.245 e. The van der Waals surface area contributed by atoms with Gasteiger partial charge in [-0.15, -0.1) is 0 Å². The van der Waals surface area contributed by atoms with Crippen LogP contribution in [0, 0.1) is 5.82 Å². The van der Waals surface area contributed by atoms with E-state index in [1.54, 1.807) is 12.1 Å². The number of benzene rings is 1. The molecule has 3 N–H and O–H groups in total. The van der Waals surface area contributed by atoms with Gasteiger partial charge in [-0.2, -0.15) is 0 Å². The third kappa shape index (κ3) is 3.09. The van der Waals surface area contributed by atoms with Crippen molar-refractivity contribution in [1.82, 2.24) is 15.2 Å². The van der Waals surface area contributed by atoms with Gasteiger partial charge in [-0.05, 0) is 43.5 Å². The molecule has 0 bridgehead atoms. The number of halogens is 1. The zero-order chi connectivity index (χ0) is 18.3. The number of nitrogens with zero attached hydrogens (tertiary/aromatic N) is 2. The smallest absolute Gasteiger partial charge is 0.245 e. The molecule has 1 aromatic carbocycles. The minimum atomic E-state index is -0.377. The predicted octanol–water partition coefficient (Wildman–Crippen LogP) is 1.94. The molecule has 0 radical (unpaired) electrons. The summed E-state index contributed by atoms with van der Waals surface area (Å²) in [6, 6.07) is 5.88. The Morgan fingerprint density at radius 1 is 1.23 bits per heavy atom. The van der Waals surface area contributed by atoms with E-state index in [4.69, 9.17) is 5.73 Å². The van der Waals surface area contributed by atoms with E-state index >= 15 is 0 Å². The van der Waals surface area contributed by atoms with Crippen LogP contribution in [0.3, 0.4) is 0 Å². The van der Waals surface area contributed by atoms with Crippen LogP contribution < -0.4 is 11.1 Å². The second-order valence-corrected chi connectivity index (χ2v) is 7.06. The van der Waals surface area contributed by atoms with Gasteiger partial charge in [-0.25, -0.2) is 4.39 Å². The number of carbonyl (C=O) groups excluding carboxylic acids is 2. The van der Waals surface area contributed by atoms with E-state index in [-0.39, 0.29) is 29.6 Å². The fourth-order valence-electron chi connectivity index (χ4n) is 3.90. The van der Waals surface area contributed by atoms with Crippen LogP contribution in [0.2, 0.25) is 0 Å². The SMILES string of the molecule is Nc1cc2cc(F)ccc2nc1C1CCN(C(=O)[C@H]2CCC(=O)N2)CC1. The molecule has 26 heavy (non-hydrogen) atoms. The Bertz CT molecular complexity index is 877. The number of nitrogens with two attached hydrogens (primary N) is 1. The molecule has 136 valence electrons. The molecule has 2 saturated heterocycles. The molecule has 2 fully saturated rings. The van der Waals surface area contributed by atoms with Gasteiger partial charge in [0.1, 0.15) is 11.9 Å². The zero-order valence-corrected chi connectivity index (χ0v) is 14.4. The van der Waals surface area contributed by atoms with Gasteiger partial charge >= 0.3 is 0 Å². The minimum absolute atomic E-state index is 0.00391. The highest BCUT2D eigenvalue weighted by Gasteiger charge is 2.33. The molecule has 0 saturated carbocycles. The lowest BCUT2D eigenvalue weighted by Crippen LogP contribution is -2.47. The molecule has 6 nitrogen and oxygen atoms in total. The standard InChI is InChI=1S/C19H21FN4O2/c20-13-1-2-15-12(9-13)10-14(21)18(23-15)11-5-7-24(8-6-11)19(26)16-3-4-17(25)22-16/h1-2,9-11,16H,3-8,21H2,(H,22,25)/t16-/m1/s1. The Morgan fingerprint density at radius 3 is 2.69 bits per heavy atom. The van der Waals surface area contributed by atoms with Gasteiger partial charge in [0.05, 0.1) is 16.9 Å². The maximum absolute atomic E-state index is 13.4. The van der Waals surface area contributed by atoms with Crippen LogP contribution in [0.5, 0.6) is 0 Å². The molecule has 4 rings (SSSR count). The molecule has 2 amide bonds. The third-order valence-corrected chi connectivity index (χ3v) is 5.32. The van der Waals surface area contributed by atoms with Crippen molar-refractivity contribution in [1.29, 1.82) is 0 Å². The fraction of sp³-hybridized carbons (Fsp3) is 0.421. The Kier molecular flexibility index (Phi) is 4.22. The molecule has 7 heteroatoms. The van der Waals surface area contributed by atoms with E-state index in [0.29, 0.717) is 37.0 Å². The Hall–Kier alpha value is -2.70. The van der Waals surface area contributed by atoms with Crippen LogP contribution >= 0.6 is 0 Å². The van der Waals surface area contributed by atoms with E-state index in [0.717, 1.165) is 24.1 Å². The van der Waals surface area contributed by atoms with E-state index in [1.807, 2.05) is 4.90 Å². The normalized spacial score (nSPS) is 21.2. The Labute approximate surface area is 150 Å². The number of aromatic nitrogens is 1. The molecular weight excluding hydrogens is 335 g/mol. The van der Waals surface area contributed by atoms with Gasteiger partial charge in [0.2, 0.25) is 11.8 Å². The average Bonchev–Trinajstić information content (AvgIpc) is 3.07. The van der Waals surface area contributed by atoms with Gasteiger partial charge in [0.25, 0.3) is 0 Å². The number of anilines is 1. The van der Waals surface area contributed by atoms with Gasteiger partial charge in [0.15, 0.2) is 0 Å². The van der Waals surface area contributed by atoms with Crippen molar-refractivity contribution in [2.75, 3.05) is 18.8 Å². The number of hydrogen-bond acceptors (Lipinski definition) is 4. The monoisotopic (exact) mass is 356 g/mol. The Morgan fingerprint density at radius 2 is 2.00 bits per heavy atom. The number of pyridine rings is 1. The minimum Gasteiger partial charge on any atom is -0.397 e. The third-order valence-electron chi connectivity index (χ3n) is 5.32. The van der Waals surface area contributed by atoms with Crippen LogP contribution in [0.25, 0.3) is 10.9 Å². The summed E-state index contributed by atoms with van der Waals surface area (Å²) in [7, 11) is 0. The average molecular weight is 356 g/mol. The van der Waals surface area contributed by atoms with Gasteiger partial charge in [0, 0.05) is 30.8 Å². The van der Waals surface area contributed by atoms with Gasteiger partial charge in [-0.3, -0.25) is 14.6 Å². The molecule has 0 spiro atoms. The number of carbonyl (C=O) groups is 2. The molecule has 2 aliphatic rings. The summed E-state index contributed by atoms with van der Waals surface area (Å²) in [5, 5.41) is 3.43. The second kappa shape index (κ2) is 6.55. The molecule has 3 heterocycles. The summed E-state index contributed by atoms with van der Waals surface area (Å²) in [6.07, 6.45) is 2.55. The first-order valence-electron chi connectivity index (χ1n) is 8.95. The first-order valence-corrected chi connectivity index (χ1v) is 8.95. The zero-order valence-electron chi connectivity index (χ0n) is 14.4. The quantitative estimate of drug-likeness (QED) is 0.861. The highest BCUT2D eigenvalue weighted by molar-refractivity contribution is 5.91. The number of nitrogen functional groups attached to an aromatic ring is 1. The van der Waals surface area contributed by atoms with Crippen LogP contribution in [0.4, 0.5) is 10.1 Å². The van der Waals surface area contributed by atoms with Gasteiger partial charge in [-0.1, -0.05) is 0 Å². The molecule has 1 atom stereocenters. The van der Waals surface area contributed by atoms with E-state index < -0.39 is 0 Å². The largest absolute Gasteiger partial charge is 0.397 e. The Balaban J connectivity index is 1.47. The van der Waals surface area contributed by atoms with E-state index in [2.05, 4.69) is 10.3 Å². The van der Waals surface area contributed by atoms with Crippen molar-refractivity contribution >= 4 is 28.4 Å². The van der Waals surface area contributed by atoms with Crippen LogP contribution in [0.15, 0.2) is 24.3 Å². The summed E-state index contributed by atoms with van der Waals surface area (Å²) in [4.78, 5) is 30.3. The lowest BCUT2D eigenvalue weighted by molar-refractivity contribution is -0.135. The number of fused-ring (bicyclic) bond motifs is 1. The lowest BCUT2D eigenvalue weighted by Gasteiger charge is -2.33. The summed E-state index contributed by atoms with van der Waals surface area (Å²) in [5.41, 5.74) is 8.28. The predicted molar refractivity (Wildman–Crippen MR) is 95.8 cm³/mol. The number of nitrogens with one attached hydrogen (secondary N) is 1. The summed E-state index contributed by atoms with van der Waals surface area (Å²) in [5.74, 6) is -0.184. The summed E-state index contributed by atoms with van der Waals surface area (Å²) < 4.78 is 13.4. The van der Waals surface area contributed by atoms with Gasteiger partial charge < -0.3 is 16.0 Å². The van der Waals surface area contributed by atoms with E-state index in [9.17, 15) is 14.0 Å². The maximum atomic E-state index is 13.4. The number of likely N-dealkylation sites (tertiary alicyclic amines) is 1. The number of piperidine rings is 1. The molecule has 0 unspecified atom stereocenters. The lowest BCUT2D eigenvalue weighted by atomic mass is 9.91. The van der Waals surface area contributed by atoms with Crippen molar-refractivity contribution in [3.05, 3.63) is 35.8 Å². The highest BCUT2D eigenvalue weighted by atomic mass is 19.1. The number of amides is 2. The summed E-state index contributed by atoms with van der Waals surface area (Å²) in [6.45, 7) is 1.25. The van der Waals surface area contributed by atoms with Crippen LogP contribution in [-0.4, -0.2) is 40.8 Å². The molecular formula is C19H21FN4O2. The highest BCUT2D eigenvalue weighted by Crippen LogP contribution is 2.32. The van der Waals surface area contributed by atoms with Crippen molar-refractivity contribution in [3.8, 4) is 0 Å². The number of rotatable bonds is 2. The molecule has 0 aliphatic carbocycles. The molecule has 1 aromatic heterocycles. The summed E-state index contributed by atoms with van der Waals surface area (Å²) >= 11 is 0. The van der Waals surface area contributed by atoms with Crippen molar-refractivity contribution in [3.63, 3.8) is 0 Å². The van der Waals surface area contributed by atoms with E-state index in [1.165, 1.54) is 12.1 Å². The van der Waals surface area contributed by atoms with Crippen LogP contribution in [-0.2, 0) is 9.59 Å². The molecule has 2 aliphatic heterocycles. The van der Waals surface area contributed by atoms with Crippen LogP contribution in [0.1, 0.15) is 37.3 Å². The molecule has 2 aromatic rings. The fourth-order valence-corrected chi connectivity index (χ4v) is 3.90. The first kappa shape index (κ1) is 16.8. The first-order chi connectivity index (χ1) is 12.5. The second-order valence-electron chi connectivity index (χ2n) is 7.06. The number of hydrogen-bond donors (Lipinski definition) is 2. The van der Waals surface area contributed by atoms with Crippen molar-refractivity contribution < 1.29 is 14.0 Å². The van der Waals surface area contributed by atoms with Crippen molar-refractivity contribution in [2.45, 2.75) is 37.6 Å². The topological polar surface area (TPSA) is 88.3 Å².